The summed E-state index contributed by atoms with van der Waals surface area (Å²) >= 11 is 0. The SMILES string of the molecule is N#CC(C#N)=Cc1ccc(-c2ccc3c4c(cccc24)C(=O)N(c2ccc(N(c4ccccc4)c4ccccc4)cc2)C3=O)cc1. The summed E-state index contributed by atoms with van der Waals surface area (Å²) in [5, 5.41) is 19.6. The highest BCUT2D eigenvalue weighted by molar-refractivity contribution is 6.36. The van der Waals surface area contributed by atoms with Crippen molar-refractivity contribution in [1.29, 1.82) is 10.5 Å². The van der Waals surface area contributed by atoms with Crippen molar-refractivity contribution in [3.8, 4) is 23.3 Å². The molecule has 46 heavy (non-hydrogen) atoms. The number of benzene rings is 6. The van der Waals surface area contributed by atoms with E-state index in [1.807, 2.05) is 140 Å². The van der Waals surface area contributed by atoms with Crippen molar-refractivity contribution in [3.63, 3.8) is 0 Å². The first kappa shape index (κ1) is 28.0. The molecule has 2 amide bonds. The standard InChI is InChI=1S/C40H24N4O2/c41-25-28(26-42)24-27-14-16-29(17-15-27)34-22-23-37-38-35(34)12-7-13-36(38)39(45)44(40(37)46)33-20-18-32(19-21-33)43(30-8-3-1-4-9-30)31-10-5-2-6-11-31/h1-24H. The van der Waals surface area contributed by atoms with E-state index in [1.54, 1.807) is 12.1 Å². The topological polar surface area (TPSA) is 88.2 Å². The Labute approximate surface area is 265 Å². The van der Waals surface area contributed by atoms with Crippen LogP contribution in [0.5, 0.6) is 0 Å². The van der Waals surface area contributed by atoms with Crippen LogP contribution in [-0.4, -0.2) is 11.8 Å². The Balaban J connectivity index is 1.24. The zero-order valence-electron chi connectivity index (χ0n) is 24.5. The van der Waals surface area contributed by atoms with Crippen molar-refractivity contribution >= 4 is 51.4 Å². The van der Waals surface area contributed by atoms with Crippen molar-refractivity contribution in [3.05, 3.63) is 162 Å². The first-order chi connectivity index (χ1) is 22.6. The van der Waals surface area contributed by atoms with E-state index in [0.717, 1.165) is 39.1 Å². The molecule has 6 nitrogen and oxygen atoms in total. The molecule has 0 saturated heterocycles. The molecule has 0 aliphatic carbocycles. The van der Waals surface area contributed by atoms with Gasteiger partial charge in [0.15, 0.2) is 0 Å². The number of rotatable bonds is 6. The van der Waals surface area contributed by atoms with E-state index in [1.165, 1.54) is 11.0 Å². The van der Waals surface area contributed by atoms with E-state index in [4.69, 9.17) is 10.5 Å². The Bertz CT molecular complexity index is 2170. The minimum absolute atomic E-state index is 0.0234. The van der Waals surface area contributed by atoms with Gasteiger partial charge in [0.2, 0.25) is 0 Å². The zero-order valence-corrected chi connectivity index (χ0v) is 24.5. The molecule has 0 bridgehead atoms. The lowest BCUT2D eigenvalue weighted by molar-refractivity contribution is 0.0893. The number of anilines is 4. The maximum atomic E-state index is 14.0. The number of hydrogen-bond donors (Lipinski definition) is 0. The smallest absolute Gasteiger partial charge is 0.265 e. The molecule has 6 heteroatoms. The number of allylic oxidation sites excluding steroid dienone is 1. The summed E-state index contributed by atoms with van der Waals surface area (Å²) in [4.78, 5) is 31.3. The largest absolute Gasteiger partial charge is 0.311 e. The molecule has 0 aromatic heterocycles. The maximum Gasteiger partial charge on any atom is 0.265 e. The van der Waals surface area contributed by atoms with Gasteiger partial charge in [0.1, 0.15) is 17.7 Å². The van der Waals surface area contributed by atoms with Gasteiger partial charge in [0.25, 0.3) is 11.8 Å². The van der Waals surface area contributed by atoms with Gasteiger partial charge >= 0.3 is 0 Å². The van der Waals surface area contributed by atoms with Crippen molar-refractivity contribution in [2.45, 2.75) is 0 Å². The number of carbonyl (C=O) groups excluding carboxylic acids is 2. The fourth-order valence-electron chi connectivity index (χ4n) is 5.95. The van der Waals surface area contributed by atoms with Crippen molar-refractivity contribution in [1.82, 2.24) is 0 Å². The molecule has 0 radical (unpaired) electrons. The summed E-state index contributed by atoms with van der Waals surface area (Å²) in [5.74, 6) is -0.756. The van der Waals surface area contributed by atoms with E-state index in [9.17, 15) is 9.59 Å². The lowest BCUT2D eigenvalue weighted by atomic mass is 9.88. The van der Waals surface area contributed by atoms with Crippen molar-refractivity contribution in [2.75, 3.05) is 9.80 Å². The normalized spacial score (nSPS) is 11.9. The van der Waals surface area contributed by atoms with Crippen LogP contribution in [0.3, 0.4) is 0 Å². The molecule has 0 unspecified atom stereocenters. The van der Waals surface area contributed by atoms with E-state index in [-0.39, 0.29) is 17.4 Å². The summed E-state index contributed by atoms with van der Waals surface area (Å²) in [5.41, 5.74) is 6.79. The summed E-state index contributed by atoms with van der Waals surface area (Å²) in [7, 11) is 0. The third kappa shape index (κ3) is 4.87. The average Bonchev–Trinajstić information content (AvgIpc) is 3.11. The van der Waals surface area contributed by atoms with Crippen molar-refractivity contribution < 1.29 is 9.59 Å². The number of amides is 2. The monoisotopic (exact) mass is 592 g/mol. The summed E-state index contributed by atoms with van der Waals surface area (Å²) < 4.78 is 0. The van der Waals surface area contributed by atoms with Gasteiger partial charge < -0.3 is 4.90 Å². The third-order valence-electron chi connectivity index (χ3n) is 8.08. The lowest BCUT2D eigenvalue weighted by Crippen LogP contribution is -2.40. The number of para-hydroxylation sites is 2. The summed E-state index contributed by atoms with van der Waals surface area (Å²) in [6, 6.07) is 47.9. The molecule has 216 valence electrons. The minimum Gasteiger partial charge on any atom is -0.311 e. The van der Waals surface area contributed by atoms with Gasteiger partial charge in [-0.15, -0.1) is 0 Å². The Hall–Kier alpha value is -6.76. The lowest BCUT2D eigenvalue weighted by Gasteiger charge is -2.29. The number of imide groups is 1. The van der Waals surface area contributed by atoms with E-state index >= 15 is 0 Å². The van der Waals surface area contributed by atoms with Crippen molar-refractivity contribution in [2.24, 2.45) is 0 Å². The highest BCUT2D eigenvalue weighted by atomic mass is 16.2. The Morgan fingerprint density at radius 1 is 0.565 bits per heavy atom. The van der Waals surface area contributed by atoms with Crippen LogP contribution in [0.2, 0.25) is 0 Å². The van der Waals surface area contributed by atoms with Crippen LogP contribution in [0.25, 0.3) is 28.0 Å². The number of nitrogens with zero attached hydrogens (tertiary/aromatic N) is 4. The first-order valence-corrected chi connectivity index (χ1v) is 14.6. The summed E-state index contributed by atoms with van der Waals surface area (Å²) in [6.07, 6.45) is 1.53. The highest BCUT2D eigenvalue weighted by Crippen LogP contribution is 2.39. The molecule has 0 saturated carbocycles. The molecule has 7 rings (SSSR count). The van der Waals surface area contributed by atoms with Gasteiger partial charge in [0.05, 0.1) is 5.69 Å². The molecule has 6 aromatic carbocycles. The highest BCUT2D eigenvalue weighted by Gasteiger charge is 2.34. The Kier molecular flexibility index (Phi) is 7.15. The van der Waals surface area contributed by atoms with Crippen LogP contribution in [-0.2, 0) is 0 Å². The predicted octanol–water partition coefficient (Wildman–Crippen LogP) is 9.21. The van der Waals surface area contributed by atoms with Gasteiger partial charge in [-0.25, -0.2) is 4.90 Å². The second kappa shape index (κ2) is 11.7. The van der Waals surface area contributed by atoms with E-state index in [2.05, 4.69) is 4.90 Å². The number of nitriles is 2. The van der Waals surface area contributed by atoms with Gasteiger partial charge in [-0.3, -0.25) is 9.59 Å². The van der Waals surface area contributed by atoms with Gasteiger partial charge in [-0.2, -0.15) is 10.5 Å². The Morgan fingerprint density at radius 3 is 1.70 bits per heavy atom. The second-order valence-electron chi connectivity index (χ2n) is 10.8. The molecule has 0 fully saturated rings. The molecule has 0 spiro atoms. The van der Waals surface area contributed by atoms with Crippen LogP contribution >= 0.6 is 0 Å². The van der Waals surface area contributed by atoms with Crippen LogP contribution in [0.1, 0.15) is 26.3 Å². The summed E-state index contributed by atoms with van der Waals surface area (Å²) in [6.45, 7) is 0. The molecule has 1 heterocycles. The fraction of sp³-hybridized carbons (Fsp3) is 0. The zero-order chi connectivity index (χ0) is 31.6. The molecular weight excluding hydrogens is 568 g/mol. The number of hydrogen-bond acceptors (Lipinski definition) is 5. The van der Waals surface area contributed by atoms with E-state index < -0.39 is 0 Å². The first-order valence-electron chi connectivity index (χ1n) is 14.6. The van der Waals surface area contributed by atoms with Crippen LogP contribution in [0, 0.1) is 22.7 Å². The molecule has 0 atom stereocenters. The molecule has 1 aliphatic rings. The van der Waals surface area contributed by atoms with E-state index in [0.29, 0.717) is 22.2 Å². The Morgan fingerprint density at radius 2 is 1.11 bits per heavy atom. The van der Waals surface area contributed by atoms with Crippen LogP contribution in [0.15, 0.2) is 145 Å². The maximum absolute atomic E-state index is 14.0. The van der Waals surface area contributed by atoms with Gasteiger partial charge in [-0.1, -0.05) is 78.9 Å². The van der Waals surface area contributed by atoms with Gasteiger partial charge in [-0.05, 0) is 88.8 Å². The quantitative estimate of drug-likeness (QED) is 0.142. The second-order valence-corrected chi connectivity index (χ2v) is 10.8. The third-order valence-corrected chi connectivity index (χ3v) is 8.08. The molecule has 1 aliphatic heterocycles. The van der Waals surface area contributed by atoms with Gasteiger partial charge in [0, 0.05) is 33.6 Å². The minimum atomic E-state index is -0.378. The predicted molar refractivity (Wildman–Crippen MR) is 181 cm³/mol. The molecule has 6 aromatic rings. The molecular formula is C40H24N4O2. The average molecular weight is 593 g/mol. The molecule has 0 N–H and O–H groups in total. The number of carbonyl (C=O) groups is 2. The van der Waals surface area contributed by atoms with Crippen LogP contribution < -0.4 is 9.80 Å². The fourth-order valence-corrected chi connectivity index (χ4v) is 5.95. The van der Waals surface area contributed by atoms with Crippen LogP contribution in [0.4, 0.5) is 22.7 Å².